The molecule has 1 fully saturated rings. The maximum atomic E-state index is 13.3. The minimum absolute atomic E-state index is 0.0846. The van der Waals surface area contributed by atoms with Crippen LogP contribution < -0.4 is 5.32 Å². The molecule has 0 bridgehead atoms. The molecular weight excluding hydrogens is 301 g/mol. The number of hydrogen-bond acceptors (Lipinski definition) is 2. The van der Waals surface area contributed by atoms with Crippen molar-refractivity contribution in [1.29, 1.82) is 0 Å². The summed E-state index contributed by atoms with van der Waals surface area (Å²) in [6, 6.07) is 4.54. The summed E-state index contributed by atoms with van der Waals surface area (Å²) in [6.07, 6.45) is 0.792. The Kier molecular flexibility index (Phi) is 4.35. The van der Waals surface area contributed by atoms with Gasteiger partial charge in [-0.05, 0) is 40.4 Å². The first-order valence-electron chi connectivity index (χ1n) is 5.92. The fraction of sp³-hybridized carbons (Fsp3) is 0.462. The van der Waals surface area contributed by atoms with E-state index in [0.29, 0.717) is 18.8 Å². The van der Waals surface area contributed by atoms with Crippen molar-refractivity contribution in [1.82, 2.24) is 5.32 Å². The molecule has 1 aromatic rings. The van der Waals surface area contributed by atoms with Crippen LogP contribution in [0.3, 0.4) is 0 Å². The fourth-order valence-corrected chi connectivity index (χ4v) is 2.46. The van der Waals surface area contributed by atoms with Gasteiger partial charge in [0, 0.05) is 12.6 Å². The van der Waals surface area contributed by atoms with Crippen molar-refractivity contribution in [3.05, 3.63) is 34.1 Å². The molecule has 18 heavy (non-hydrogen) atoms. The van der Waals surface area contributed by atoms with E-state index in [1.165, 1.54) is 12.1 Å². The molecule has 1 amide bonds. The van der Waals surface area contributed by atoms with E-state index < -0.39 is 5.82 Å². The number of nitrogens with one attached hydrogen (secondary N) is 1. The highest BCUT2D eigenvalue weighted by Crippen LogP contribution is 2.21. The molecule has 0 saturated carbocycles. The van der Waals surface area contributed by atoms with Crippen LogP contribution in [-0.2, 0) is 4.74 Å². The molecule has 1 aromatic carbocycles. The van der Waals surface area contributed by atoms with Crippen LogP contribution in [0.25, 0.3) is 0 Å². The minimum atomic E-state index is -0.428. The van der Waals surface area contributed by atoms with Gasteiger partial charge in [-0.15, -0.1) is 0 Å². The molecule has 2 atom stereocenters. The van der Waals surface area contributed by atoms with Crippen molar-refractivity contribution in [3.8, 4) is 0 Å². The Morgan fingerprint density at radius 2 is 2.33 bits per heavy atom. The number of carbonyl (C=O) groups excluding carboxylic acids is 1. The van der Waals surface area contributed by atoms with Crippen LogP contribution in [0.15, 0.2) is 22.7 Å². The van der Waals surface area contributed by atoms with E-state index in [-0.39, 0.29) is 22.3 Å². The van der Waals surface area contributed by atoms with Crippen LogP contribution in [-0.4, -0.2) is 25.2 Å². The van der Waals surface area contributed by atoms with Gasteiger partial charge in [0.25, 0.3) is 5.91 Å². The molecule has 0 aromatic heterocycles. The van der Waals surface area contributed by atoms with Gasteiger partial charge in [0.15, 0.2) is 0 Å². The van der Waals surface area contributed by atoms with Gasteiger partial charge in [0.1, 0.15) is 5.82 Å². The fourth-order valence-electron chi connectivity index (χ4n) is 2.02. The van der Waals surface area contributed by atoms with Crippen molar-refractivity contribution in [2.75, 3.05) is 13.2 Å². The number of benzene rings is 1. The molecular formula is C13H15BrFNO2. The van der Waals surface area contributed by atoms with E-state index in [4.69, 9.17) is 4.74 Å². The predicted molar refractivity (Wildman–Crippen MR) is 70.0 cm³/mol. The third-order valence-electron chi connectivity index (χ3n) is 3.15. The van der Waals surface area contributed by atoms with E-state index in [1.54, 1.807) is 6.07 Å². The summed E-state index contributed by atoms with van der Waals surface area (Å²) in [4.78, 5) is 12.1. The summed E-state index contributed by atoms with van der Waals surface area (Å²) in [5.74, 6) is -0.405. The van der Waals surface area contributed by atoms with Crippen LogP contribution in [0.2, 0.25) is 0 Å². The Balaban J connectivity index is 2.09. The first-order chi connectivity index (χ1) is 8.59. The van der Waals surface area contributed by atoms with Gasteiger partial charge < -0.3 is 10.1 Å². The van der Waals surface area contributed by atoms with Crippen molar-refractivity contribution < 1.29 is 13.9 Å². The lowest BCUT2D eigenvalue weighted by Crippen LogP contribution is -2.44. The molecule has 1 saturated heterocycles. The molecule has 1 aliphatic heterocycles. The van der Waals surface area contributed by atoms with Gasteiger partial charge in [-0.2, -0.15) is 0 Å². The average molecular weight is 316 g/mol. The monoisotopic (exact) mass is 315 g/mol. The van der Waals surface area contributed by atoms with Crippen molar-refractivity contribution >= 4 is 21.8 Å². The number of rotatable bonds is 2. The highest BCUT2D eigenvalue weighted by Gasteiger charge is 2.24. The first-order valence-corrected chi connectivity index (χ1v) is 6.71. The molecule has 0 spiro atoms. The van der Waals surface area contributed by atoms with Crippen molar-refractivity contribution in [3.63, 3.8) is 0 Å². The Morgan fingerprint density at radius 3 is 3.06 bits per heavy atom. The van der Waals surface area contributed by atoms with E-state index in [0.717, 1.165) is 6.42 Å². The molecule has 3 nitrogen and oxygen atoms in total. The second-order valence-corrected chi connectivity index (χ2v) is 5.32. The normalized spacial score (nSPS) is 23.7. The lowest BCUT2D eigenvalue weighted by molar-refractivity contribution is 0.0375. The summed E-state index contributed by atoms with van der Waals surface area (Å²) in [5, 5.41) is 2.94. The number of amides is 1. The molecule has 5 heteroatoms. The Bertz CT molecular complexity index is 453. The van der Waals surface area contributed by atoms with Crippen LogP contribution in [0.4, 0.5) is 4.39 Å². The Labute approximate surface area is 114 Å². The summed E-state index contributed by atoms with van der Waals surface area (Å²) in [5.41, 5.74) is 0.327. The zero-order valence-corrected chi connectivity index (χ0v) is 11.7. The van der Waals surface area contributed by atoms with Gasteiger partial charge in [-0.1, -0.05) is 13.0 Å². The smallest absolute Gasteiger partial charge is 0.252 e. The van der Waals surface area contributed by atoms with E-state index >= 15 is 0 Å². The molecule has 0 radical (unpaired) electrons. The van der Waals surface area contributed by atoms with E-state index in [2.05, 4.69) is 21.2 Å². The number of carbonyl (C=O) groups is 1. The maximum absolute atomic E-state index is 13.3. The quantitative estimate of drug-likeness (QED) is 0.911. The summed E-state index contributed by atoms with van der Waals surface area (Å²) < 4.78 is 18.9. The van der Waals surface area contributed by atoms with Crippen molar-refractivity contribution in [2.45, 2.75) is 19.4 Å². The van der Waals surface area contributed by atoms with Crippen LogP contribution in [0.5, 0.6) is 0 Å². The lowest BCUT2D eigenvalue weighted by Gasteiger charge is -2.29. The van der Waals surface area contributed by atoms with Crippen LogP contribution in [0.1, 0.15) is 23.7 Å². The second kappa shape index (κ2) is 5.80. The van der Waals surface area contributed by atoms with Crippen LogP contribution in [0, 0.1) is 11.7 Å². The van der Waals surface area contributed by atoms with Gasteiger partial charge in [-0.25, -0.2) is 4.39 Å². The lowest BCUT2D eigenvalue weighted by atomic mass is 9.97. The SMILES string of the molecule is CC1COCCC1NC(=O)c1cccc(F)c1Br. The molecule has 0 aliphatic carbocycles. The minimum Gasteiger partial charge on any atom is -0.381 e. The Morgan fingerprint density at radius 1 is 1.56 bits per heavy atom. The molecule has 1 aliphatic rings. The second-order valence-electron chi connectivity index (χ2n) is 4.52. The molecule has 2 unspecified atom stereocenters. The maximum Gasteiger partial charge on any atom is 0.252 e. The van der Waals surface area contributed by atoms with E-state index in [9.17, 15) is 9.18 Å². The highest BCUT2D eigenvalue weighted by atomic mass is 79.9. The zero-order chi connectivity index (χ0) is 13.1. The summed E-state index contributed by atoms with van der Waals surface area (Å²) in [6.45, 7) is 3.33. The summed E-state index contributed by atoms with van der Waals surface area (Å²) in [7, 11) is 0. The number of halogens is 2. The van der Waals surface area contributed by atoms with Crippen LogP contribution >= 0.6 is 15.9 Å². The van der Waals surface area contributed by atoms with Gasteiger partial charge in [0.2, 0.25) is 0 Å². The zero-order valence-electron chi connectivity index (χ0n) is 10.1. The Hall–Kier alpha value is -0.940. The number of ether oxygens (including phenoxy) is 1. The van der Waals surface area contributed by atoms with Gasteiger partial charge >= 0.3 is 0 Å². The summed E-state index contributed by atoms with van der Waals surface area (Å²) >= 11 is 3.10. The first kappa shape index (κ1) is 13.5. The van der Waals surface area contributed by atoms with Gasteiger partial charge in [0.05, 0.1) is 16.6 Å². The molecule has 1 N–H and O–H groups in total. The molecule has 1 heterocycles. The molecule has 98 valence electrons. The highest BCUT2D eigenvalue weighted by molar-refractivity contribution is 9.10. The third-order valence-corrected chi connectivity index (χ3v) is 3.96. The molecule has 2 rings (SSSR count). The van der Waals surface area contributed by atoms with Crippen molar-refractivity contribution in [2.24, 2.45) is 5.92 Å². The largest absolute Gasteiger partial charge is 0.381 e. The average Bonchev–Trinajstić information content (AvgIpc) is 2.35. The van der Waals surface area contributed by atoms with Gasteiger partial charge in [-0.3, -0.25) is 4.79 Å². The predicted octanol–water partition coefficient (Wildman–Crippen LogP) is 2.74. The third kappa shape index (κ3) is 2.90. The standard InChI is InChI=1S/C13H15BrFNO2/c1-8-7-18-6-5-11(8)16-13(17)9-3-2-4-10(15)12(9)14/h2-4,8,11H,5-7H2,1H3,(H,16,17). The topological polar surface area (TPSA) is 38.3 Å². The van der Waals surface area contributed by atoms with E-state index in [1.807, 2.05) is 6.92 Å². The number of hydrogen-bond donors (Lipinski definition) is 1.